The highest BCUT2D eigenvalue weighted by molar-refractivity contribution is 6.00. The first kappa shape index (κ1) is 18.9. The van der Waals surface area contributed by atoms with E-state index in [1.807, 2.05) is 54.6 Å². The third-order valence-corrected chi connectivity index (χ3v) is 5.51. The number of fused-ring (bicyclic) bond motifs is 1. The average molecular weight is 380 g/mol. The fraction of sp³-hybridized carbons (Fsp3) is 0.148. The Balaban J connectivity index is 1.61. The van der Waals surface area contributed by atoms with E-state index in [2.05, 4.69) is 55.6 Å². The minimum absolute atomic E-state index is 0.0859. The Labute approximate surface area is 172 Å². The fourth-order valence-electron chi connectivity index (χ4n) is 3.64. The monoisotopic (exact) mass is 379 g/mol. The van der Waals surface area contributed by atoms with Gasteiger partial charge < -0.3 is 5.32 Å². The van der Waals surface area contributed by atoms with Crippen molar-refractivity contribution < 1.29 is 4.79 Å². The Kier molecular flexibility index (Phi) is 5.44. The van der Waals surface area contributed by atoms with E-state index >= 15 is 0 Å². The van der Waals surface area contributed by atoms with Crippen LogP contribution in [0.5, 0.6) is 0 Å². The first-order valence-corrected chi connectivity index (χ1v) is 10.0. The molecule has 0 amide bonds. The van der Waals surface area contributed by atoms with Crippen LogP contribution in [0.25, 0.3) is 10.8 Å². The molecule has 29 heavy (non-hydrogen) atoms. The Morgan fingerprint density at radius 3 is 2.24 bits per heavy atom. The normalized spacial score (nSPS) is 11.9. The van der Waals surface area contributed by atoms with Gasteiger partial charge >= 0.3 is 0 Å². The van der Waals surface area contributed by atoms with Gasteiger partial charge in [0.15, 0.2) is 5.78 Å². The van der Waals surface area contributed by atoms with Crippen LogP contribution in [0.1, 0.15) is 39.5 Å². The summed E-state index contributed by atoms with van der Waals surface area (Å²) >= 11 is 0. The molecule has 4 aromatic carbocycles. The maximum absolute atomic E-state index is 13.1. The molecule has 0 aliphatic carbocycles. The second-order valence-corrected chi connectivity index (χ2v) is 7.60. The van der Waals surface area contributed by atoms with Gasteiger partial charge in [-0.2, -0.15) is 0 Å². The molecule has 0 saturated heterocycles. The van der Waals surface area contributed by atoms with Crippen molar-refractivity contribution in [3.8, 4) is 0 Å². The third-order valence-electron chi connectivity index (χ3n) is 5.51. The van der Waals surface area contributed by atoms with Gasteiger partial charge in [0, 0.05) is 17.7 Å². The number of rotatable bonds is 6. The van der Waals surface area contributed by atoms with Crippen LogP contribution in [0, 0.1) is 13.8 Å². The fourth-order valence-corrected chi connectivity index (χ4v) is 3.64. The summed E-state index contributed by atoms with van der Waals surface area (Å²) in [5.41, 5.74) is 5.40. The van der Waals surface area contributed by atoms with Gasteiger partial charge in [-0.1, -0.05) is 72.8 Å². The smallest absolute Gasteiger partial charge is 0.165 e. The zero-order valence-corrected chi connectivity index (χ0v) is 16.9. The number of carbonyl (C=O) groups excluding carboxylic acids is 1. The van der Waals surface area contributed by atoms with Crippen LogP contribution in [0.4, 0.5) is 5.69 Å². The van der Waals surface area contributed by atoms with Gasteiger partial charge in [-0.05, 0) is 59.5 Å². The molecule has 0 aliphatic rings. The second kappa shape index (κ2) is 8.32. The van der Waals surface area contributed by atoms with Crippen LogP contribution >= 0.6 is 0 Å². The molecule has 0 heterocycles. The lowest BCUT2D eigenvalue weighted by atomic mass is 9.96. The molecule has 0 fully saturated rings. The van der Waals surface area contributed by atoms with E-state index in [-0.39, 0.29) is 11.8 Å². The molecule has 1 N–H and O–H groups in total. The zero-order valence-electron chi connectivity index (χ0n) is 16.9. The number of aryl methyl sites for hydroxylation is 2. The summed E-state index contributed by atoms with van der Waals surface area (Å²) in [5.74, 6) is 0.140. The van der Waals surface area contributed by atoms with Crippen LogP contribution in [0.15, 0.2) is 91.0 Å². The average Bonchev–Trinajstić information content (AvgIpc) is 2.76. The second-order valence-electron chi connectivity index (χ2n) is 7.60. The summed E-state index contributed by atoms with van der Waals surface area (Å²) in [5, 5.41) is 5.82. The molecule has 0 saturated carbocycles. The molecule has 1 atom stereocenters. The van der Waals surface area contributed by atoms with E-state index < -0.39 is 0 Å². The summed E-state index contributed by atoms with van der Waals surface area (Å²) in [6, 6.07) is 30.5. The number of hydrogen-bond acceptors (Lipinski definition) is 2. The number of Topliss-reactive ketones (excluding diaryl/α,β-unsaturated/α-hetero) is 1. The highest BCUT2D eigenvalue weighted by Crippen LogP contribution is 2.26. The predicted molar refractivity (Wildman–Crippen MR) is 122 cm³/mol. The molecule has 0 aromatic heterocycles. The molecule has 0 radical (unpaired) electrons. The summed E-state index contributed by atoms with van der Waals surface area (Å²) in [7, 11) is 0. The molecule has 4 rings (SSSR count). The van der Waals surface area contributed by atoms with E-state index in [1.165, 1.54) is 11.1 Å². The molecular formula is C27H25NO. The van der Waals surface area contributed by atoms with Crippen molar-refractivity contribution in [2.75, 3.05) is 5.32 Å². The van der Waals surface area contributed by atoms with E-state index in [4.69, 9.17) is 0 Å². The molecule has 2 heteroatoms. The summed E-state index contributed by atoms with van der Waals surface area (Å²) in [6.07, 6.45) is 0.398. The molecule has 2 nitrogen and oxygen atoms in total. The molecule has 0 aliphatic heterocycles. The molecule has 1 unspecified atom stereocenters. The topological polar surface area (TPSA) is 29.1 Å². The molecule has 0 bridgehead atoms. The number of nitrogens with one attached hydrogen (secondary N) is 1. The van der Waals surface area contributed by atoms with Crippen LogP contribution in [-0.4, -0.2) is 5.78 Å². The minimum Gasteiger partial charge on any atom is -0.378 e. The van der Waals surface area contributed by atoms with Crippen molar-refractivity contribution in [1.82, 2.24) is 0 Å². The minimum atomic E-state index is -0.0859. The third kappa shape index (κ3) is 4.38. The highest BCUT2D eigenvalue weighted by atomic mass is 16.1. The van der Waals surface area contributed by atoms with Crippen molar-refractivity contribution in [3.63, 3.8) is 0 Å². The molecule has 4 aromatic rings. The van der Waals surface area contributed by atoms with E-state index in [0.717, 1.165) is 27.6 Å². The quantitative estimate of drug-likeness (QED) is 0.370. The largest absolute Gasteiger partial charge is 0.378 e. The number of benzene rings is 4. The number of carbonyl (C=O) groups is 1. The lowest BCUT2D eigenvalue weighted by molar-refractivity contribution is 0.0976. The summed E-state index contributed by atoms with van der Waals surface area (Å²) in [4.78, 5) is 13.1. The highest BCUT2D eigenvalue weighted by Gasteiger charge is 2.18. The van der Waals surface area contributed by atoms with Gasteiger partial charge in [-0.25, -0.2) is 0 Å². The van der Waals surface area contributed by atoms with Crippen molar-refractivity contribution in [1.29, 1.82) is 0 Å². The molecule has 144 valence electrons. The lowest BCUT2D eigenvalue weighted by Crippen LogP contribution is -2.16. The van der Waals surface area contributed by atoms with E-state index in [9.17, 15) is 4.79 Å². The van der Waals surface area contributed by atoms with Crippen molar-refractivity contribution in [3.05, 3.63) is 113 Å². The van der Waals surface area contributed by atoms with Crippen LogP contribution < -0.4 is 5.32 Å². The van der Waals surface area contributed by atoms with E-state index in [0.29, 0.717) is 6.42 Å². The van der Waals surface area contributed by atoms with Gasteiger partial charge in [-0.15, -0.1) is 0 Å². The number of hydrogen-bond donors (Lipinski definition) is 1. The van der Waals surface area contributed by atoms with Crippen LogP contribution in [0.2, 0.25) is 0 Å². The zero-order chi connectivity index (χ0) is 20.2. The summed E-state index contributed by atoms with van der Waals surface area (Å²) in [6.45, 7) is 4.22. The Bertz CT molecular complexity index is 1150. The Hall–Kier alpha value is -3.39. The van der Waals surface area contributed by atoms with Gasteiger partial charge in [0.05, 0.1) is 6.04 Å². The summed E-state index contributed by atoms with van der Waals surface area (Å²) < 4.78 is 0. The van der Waals surface area contributed by atoms with Gasteiger partial charge in [0.2, 0.25) is 0 Å². The Morgan fingerprint density at radius 1 is 0.759 bits per heavy atom. The standard InChI is InChI=1S/C27H25NO/c1-19-12-15-25(16-20(19)2)28-26(22-9-4-3-5-10-22)18-27(29)24-14-13-21-8-6-7-11-23(21)17-24/h3-17,26,28H,18H2,1-2H3. The molecule has 0 spiro atoms. The van der Waals surface area contributed by atoms with E-state index in [1.54, 1.807) is 0 Å². The van der Waals surface area contributed by atoms with Gasteiger partial charge in [0.25, 0.3) is 0 Å². The van der Waals surface area contributed by atoms with Crippen molar-refractivity contribution >= 4 is 22.2 Å². The first-order valence-electron chi connectivity index (χ1n) is 10.0. The maximum Gasteiger partial charge on any atom is 0.165 e. The SMILES string of the molecule is Cc1ccc(NC(CC(=O)c2ccc3ccccc3c2)c2ccccc2)cc1C. The number of ketones is 1. The van der Waals surface area contributed by atoms with Crippen LogP contribution in [-0.2, 0) is 0 Å². The van der Waals surface area contributed by atoms with Crippen molar-refractivity contribution in [2.24, 2.45) is 0 Å². The lowest BCUT2D eigenvalue weighted by Gasteiger charge is -2.21. The number of anilines is 1. The van der Waals surface area contributed by atoms with Gasteiger partial charge in [0.1, 0.15) is 0 Å². The van der Waals surface area contributed by atoms with Crippen molar-refractivity contribution in [2.45, 2.75) is 26.3 Å². The van der Waals surface area contributed by atoms with Crippen LogP contribution in [0.3, 0.4) is 0 Å². The Morgan fingerprint density at radius 2 is 1.48 bits per heavy atom. The van der Waals surface area contributed by atoms with Gasteiger partial charge in [-0.3, -0.25) is 4.79 Å². The molecular weight excluding hydrogens is 354 g/mol. The predicted octanol–water partition coefficient (Wildman–Crippen LogP) is 6.88. The maximum atomic E-state index is 13.1. The first-order chi connectivity index (χ1) is 14.1.